The summed E-state index contributed by atoms with van der Waals surface area (Å²) in [7, 11) is 0. The van der Waals surface area contributed by atoms with E-state index in [0.29, 0.717) is 36.1 Å². The standard InChI is InChI=1S/C43H58N8O10/c1-5-12-32(37(54)40(57)45-22-34(53)49-35(38(44)55)28-13-8-6-9-14-28)48-39(56)33-21-31(47-42(59)46-30-19-17-27(18-20-30)26(4)52)23-51(33)41(58)36(29-15-10-7-11-16-29)50-43(60)61-24-25(2)3/h6,8-9,13-14,17-20,25,29,31-33,35-36H,5,7,10-12,15-16,21-24H2,1-4H3,(H2,44,55)(H,45,57)(H,48,56)(H,49,53)(H,50,60)(H2,46,47,59)/t31?,32?,33?,35-,36-/m1/s1. The van der Waals surface area contributed by atoms with E-state index in [4.69, 9.17) is 10.5 Å². The number of rotatable bonds is 19. The van der Waals surface area contributed by atoms with Gasteiger partial charge in [0.15, 0.2) is 5.78 Å². The van der Waals surface area contributed by atoms with E-state index in [0.717, 1.165) is 19.3 Å². The highest BCUT2D eigenvalue weighted by molar-refractivity contribution is 6.38. The zero-order valence-corrected chi connectivity index (χ0v) is 35.1. The minimum absolute atomic E-state index is 0.0308. The van der Waals surface area contributed by atoms with Crippen LogP contribution in [0.25, 0.3) is 0 Å². The zero-order valence-electron chi connectivity index (χ0n) is 35.1. The minimum atomic E-state index is -1.35. The molecule has 2 aromatic carbocycles. The number of hydrogen-bond acceptors (Lipinski definition) is 10. The molecule has 1 heterocycles. The molecule has 1 saturated heterocycles. The number of alkyl carbamates (subject to hydrolysis) is 1. The number of amides is 8. The van der Waals surface area contributed by atoms with Crippen LogP contribution in [-0.4, -0.2) is 102 Å². The Morgan fingerprint density at radius 1 is 0.869 bits per heavy atom. The van der Waals surface area contributed by atoms with E-state index in [1.807, 2.05) is 13.8 Å². The number of carbonyl (C=O) groups excluding carboxylic acids is 9. The molecule has 0 aromatic heterocycles. The number of urea groups is 1. The number of nitrogens with two attached hydrogens (primary N) is 1. The van der Waals surface area contributed by atoms with E-state index in [1.165, 1.54) is 11.8 Å². The molecular formula is C43H58N8O10. The molecule has 2 aliphatic rings. The third-order valence-electron chi connectivity index (χ3n) is 10.5. The zero-order chi connectivity index (χ0) is 44.6. The average molecular weight is 847 g/mol. The molecule has 4 rings (SSSR count). The number of primary amides is 1. The lowest BCUT2D eigenvalue weighted by molar-refractivity contribution is -0.143. The lowest BCUT2D eigenvalue weighted by Crippen LogP contribution is -2.58. The fourth-order valence-electron chi connectivity index (χ4n) is 7.42. The van der Waals surface area contributed by atoms with Crippen molar-refractivity contribution < 1.29 is 47.9 Å². The first kappa shape index (κ1) is 47.3. The van der Waals surface area contributed by atoms with Crippen LogP contribution in [0.2, 0.25) is 0 Å². The van der Waals surface area contributed by atoms with Crippen LogP contribution >= 0.6 is 0 Å². The summed E-state index contributed by atoms with van der Waals surface area (Å²) < 4.78 is 5.37. The molecule has 18 heteroatoms. The van der Waals surface area contributed by atoms with Gasteiger partial charge in [-0.15, -0.1) is 0 Å². The van der Waals surface area contributed by atoms with Crippen molar-refractivity contribution in [2.24, 2.45) is 17.6 Å². The Morgan fingerprint density at radius 3 is 2.15 bits per heavy atom. The van der Waals surface area contributed by atoms with Crippen molar-refractivity contribution in [3.05, 3.63) is 65.7 Å². The number of ketones is 2. The van der Waals surface area contributed by atoms with E-state index < -0.39 is 84.2 Å². The molecule has 3 unspecified atom stereocenters. The van der Waals surface area contributed by atoms with Gasteiger partial charge in [-0.1, -0.05) is 76.8 Å². The van der Waals surface area contributed by atoms with Crippen LogP contribution in [0.3, 0.4) is 0 Å². The molecule has 1 aliphatic heterocycles. The van der Waals surface area contributed by atoms with Gasteiger partial charge in [-0.2, -0.15) is 0 Å². The van der Waals surface area contributed by atoms with Gasteiger partial charge in [0.2, 0.25) is 29.4 Å². The van der Waals surface area contributed by atoms with E-state index >= 15 is 0 Å². The maximum Gasteiger partial charge on any atom is 0.407 e. The van der Waals surface area contributed by atoms with Crippen molar-refractivity contribution in [3.63, 3.8) is 0 Å². The van der Waals surface area contributed by atoms with Crippen LogP contribution in [0.15, 0.2) is 54.6 Å². The fraction of sp³-hybridized carbons (Fsp3) is 0.512. The number of hydrogen-bond donors (Lipinski definition) is 7. The number of Topliss-reactive ketones (excluding diaryl/α,β-unsaturated/α-hetero) is 2. The predicted molar refractivity (Wildman–Crippen MR) is 224 cm³/mol. The number of ether oxygens (including phenoxy) is 1. The van der Waals surface area contributed by atoms with Gasteiger partial charge >= 0.3 is 12.1 Å². The number of nitrogens with one attached hydrogen (secondary N) is 6. The summed E-state index contributed by atoms with van der Waals surface area (Å²) in [6, 6.07) is 8.22. The Balaban J connectivity index is 1.51. The van der Waals surface area contributed by atoms with E-state index in [2.05, 4.69) is 31.9 Å². The molecule has 1 aliphatic carbocycles. The Labute approximate surface area is 355 Å². The van der Waals surface area contributed by atoms with E-state index in [-0.39, 0.29) is 43.6 Å². The number of benzene rings is 2. The Kier molecular flexibility index (Phi) is 17.8. The van der Waals surface area contributed by atoms with Gasteiger partial charge < -0.3 is 47.3 Å². The summed E-state index contributed by atoms with van der Waals surface area (Å²) in [5, 5.41) is 15.5. The van der Waals surface area contributed by atoms with Crippen LogP contribution < -0.4 is 37.6 Å². The highest BCUT2D eigenvalue weighted by atomic mass is 16.5. The van der Waals surface area contributed by atoms with Crippen LogP contribution in [0.4, 0.5) is 15.3 Å². The molecule has 5 atom stereocenters. The summed E-state index contributed by atoms with van der Waals surface area (Å²) >= 11 is 0. The normalized spacial score (nSPS) is 17.8. The summed E-state index contributed by atoms with van der Waals surface area (Å²) in [6.45, 7) is 6.23. The summed E-state index contributed by atoms with van der Waals surface area (Å²) in [5.74, 6) is -5.55. The summed E-state index contributed by atoms with van der Waals surface area (Å²) in [4.78, 5) is 119. The smallest absolute Gasteiger partial charge is 0.407 e. The molecule has 8 N–H and O–H groups in total. The molecule has 0 radical (unpaired) electrons. The second kappa shape index (κ2) is 22.9. The van der Waals surface area contributed by atoms with Crippen LogP contribution in [-0.2, 0) is 33.5 Å². The highest BCUT2D eigenvalue weighted by Gasteiger charge is 2.45. The molecule has 2 aromatic rings. The van der Waals surface area contributed by atoms with Crippen LogP contribution in [0.5, 0.6) is 0 Å². The van der Waals surface area contributed by atoms with Gasteiger partial charge in [0.1, 0.15) is 18.1 Å². The maximum atomic E-state index is 14.6. The van der Waals surface area contributed by atoms with E-state index in [1.54, 1.807) is 61.5 Å². The van der Waals surface area contributed by atoms with Crippen molar-refractivity contribution in [1.82, 2.24) is 31.5 Å². The van der Waals surface area contributed by atoms with Crippen molar-refractivity contribution in [2.45, 2.75) is 109 Å². The van der Waals surface area contributed by atoms with Gasteiger partial charge in [0, 0.05) is 17.8 Å². The molecule has 61 heavy (non-hydrogen) atoms. The predicted octanol–water partition coefficient (Wildman–Crippen LogP) is 2.62. The summed E-state index contributed by atoms with van der Waals surface area (Å²) in [6.07, 6.45) is 3.47. The largest absolute Gasteiger partial charge is 0.449 e. The Bertz CT molecular complexity index is 1900. The molecule has 0 spiro atoms. The van der Waals surface area contributed by atoms with Gasteiger partial charge in [0.25, 0.3) is 5.91 Å². The SMILES string of the molecule is CCCC(NC(=O)C1CC(NC(=O)Nc2ccc(C(C)=O)cc2)CN1C(=O)[C@H](NC(=O)OCC(C)C)C1CCCCC1)C(=O)C(=O)NCC(=O)N[C@@H](C(N)=O)c1ccccc1. The van der Waals surface area contributed by atoms with Gasteiger partial charge in [-0.25, -0.2) is 9.59 Å². The first-order valence-corrected chi connectivity index (χ1v) is 20.8. The summed E-state index contributed by atoms with van der Waals surface area (Å²) in [5.41, 5.74) is 6.75. The van der Waals surface area contributed by atoms with Crippen molar-refractivity contribution in [1.29, 1.82) is 0 Å². The third kappa shape index (κ3) is 14.1. The first-order valence-electron chi connectivity index (χ1n) is 20.8. The lowest BCUT2D eigenvalue weighted by atomic mass is 9.83. The van der Waals surface area contributed by atoms with Gasteiger partial charge in [-0.05, 0) is 74.3 Å². The molecule has 2 fully saturated rings. The molecule has 330 valence electrons. The fourth-order valence-corrected chi connectivity index (χ4v) is 7.42. The molecular weight excluding hydrogens is 789 g/mol. The van der Waals surface area contributed by atoms with Crippen molar-refractivity contribution in [2.75, 3.05) is 25.0 Å². The Morgan fingerprint density at radius 2 is 1.54 bits per heavy atom. The number of nitrogens with zero attached hydrogens (tertiary/aromatic N) is 1. The average Bonchev–Trinajstić information content (AvgIpc) is 3.66. The molecule has 8 amide bonds. The third-order valence-corrected chi connectivity index (χ3v) is 10.5. The van der Waals surface area contributed by atoms with Crippen LogP contribution in [0.1, 0.15) is 101 Å². The first-order chi connectivity index (χ1) is 29.1. The highest BCUT2D eigenvalue weighted by Crippen LogP contribution is 2.30. The minimum Gasteiger partial charge on any atom is -0.449 e. The topological polar surface area (TPSA) is 264 Å². The number of likely N-dealkylation sites (tertiary alicyclic amines) is 1. The molecule has 0 bridgehead atoms. The molecule has 18 nitrogen and oxygen atoms in total. The van der Waals surface area contributed by atoms with Gasteiger partial charge in [-0.3, -0.25) is 33.6 Å². The monoisotopic (exact) mass is 846 g/mol. The lowest BCUT2D eigenvalue weighted by Gasteiger charge is -2.34. The number of anilines is 1. The molecule has 1 saturated carbocycles. The Hall–Kier alpha value is -6.33. The second-order valence-electron chi connectivity index (χ2n) is 15.9. The van der Waals surface area contributed by atoms with Crippen molar-refractivity contribution in [3.8, 4) is 0 Å². The van der Waals surface area contributed by atoms with Crippen LogP contribution in [0, 0.1) is 11.8 Å². The quantitative estimate of drug-likeness (QED) is 0.0803. The van der Waals surface area contributed by atoms with E-state index in [9.17, 15) is 43.2 Å². The maximum absolute atomic E-state index is 14.6. The number of carbonyl (C=O) groups is 9. The second-order valence-corrected chi connectivity index (χ2v) is 15.9. The van der Waals surface area contributed by atoms with Crippen molar-refractivity contribution >= 4 is 58.9 Å². The van der Waals surface area contributed by atoms with Gasteiger partial charge in [0.05, 0.1) is 25.2 Å².